The third-order valence-electron chi connectivity index (χ3n) is 3.08. The van der Waals surface area contributed by atoms with Crippen molar-refractivity contribution in [2.24, 2.45) is 0 Å². The molecule has 0 radical (unpaired) electrons. The van der Waals surface area contributed by atoms with E-state index < -0.39 is 16.2 Å². The summed E-state index contributed by atoms with van der Waals surface area (Å²) >= 11 is 0. The molecule has 1 aliphatic heterocycles. The molecule has 110 valence electrons. The monoisotopic (exact) mass is 298 g/mol. The van der Waals surface area contributed by atoms with Gasteiger partial charge in [-0.15, -0.1) is 0 Å². The van der Waals surface area contributed by atoms with Gasteiger partial charge in [-0.05, 0) is 50.5 Å². The first-order chi connectivity index (χ1) is 9.31. The molecule has 0 saturated carbocycles. The van der Waals surface area contributed by atoms with E-state index >= 15 is 0 Å². The van der Waals surface area contributed by atoms with Gasteiger partial charge < -0.3 is 5.11 Å². The number of carboxylic acid groups (broad SMARTS) is 1. The molecular weight excluding hydrogens is 280 g/mol. The maximum atomic E-state index is 12.3. The number of hydrogen-bond donors (Lipinski definition) is 2. The minimum Gasteiger partial charge on any atom is -0.478 e. The number of rotatable bonds is 4. The van der Waals surface area contributed by atoms with Crippen LogP contribution in [0.5, 0.6) is 0 Å². The summed E-state index contributed by atoms with van der Waals surface area (Å²) in [6, 6.07) is 4.36. The van der Waals surface area contributed by atoms with Gasteiger partial charge in [0.1, 0.15) is 0 Å². The Kier molecular flexibility index (Phi) is 4.01. The lowest BCUT2D eigenvalue weighted by molar-refractivity contribution is 0.0696. The molecular formula is C13H18N2O4S. The highest BCUT2D eigenvalue weighted by atomic mass is 32.2. The molecule has 1 heterocycles. The summed E-state index contributed by atoms with van der Waals surface area (Å²) in [7, 11) is -3.59. The van der Waals surface area contributed by atoms with Gasteiger partial charge in [0, 0.05) is 12.6 Å². The number of aromatic carboxylic acids is 1. The van der Waals surface area contributed by atoms with Crippen LogP contribution in [0.15, 0.2) is 18.2 Å². The third kappa shape index (κ3) is 2.94. The van der Waals surface area contributed by atoms with Gasteiger partial charge in [-0.1, -0.05) is 0 Å². The van der Waals surface area contributed by atoms with Crippen LogP contribution >= 0.6 is 0 Å². The van der Waals surface area contributed by atoms with Gasteiger partial charge in [0.15, 0.2) is 0 Å². The Morgan fingerprint density at radius 1 is 1.40 bits per heavy atom. The molecule has 0 unspecified atom stereocenters. The Morgan fingerprint density at radius 3 is 2.70 bits per heavy atom. The largest absolute Gasteiger partial charge is 0.478 e. The highest BCUT2D eigenvalue weighted by Gasteiger charge is 2.28. The summed E-state index contributed by atoms with van der Waals surface area (Å²) in [6.07, 6.45) is 1.36. The van der Waals surface area contributed by atoms with Crippen molar-refractivity contribution in [3.8, 4) is 0 Å². The smallest absolute Gasteiger partial charge is 0.335 e. The molecule has 0 saturated heterocycles. The van der Waals surface area contributed by atoms with Gasteiger partial charge in [-0.2, -0.15) is 13.1 Å². The van der Waals surface area contributed by atoms with Crippen molar-refractivity contribution in [2.45, 2.75) is 32.7 Å². The van der Waals surface area contributed by atoms with E-state index in [2.05, 4.69) is 4.72 Å². The standard InChI is InChI=1S/C13H18N2O4S/c1-9(2)14-20(18,19)15-7-3-4-10-8-11(13(16)17)5-6-12(10)15/h5-6,8-9,14H,3-4,7H2,1-2H3,(H,16,17). The predicted octanol–water partition coefficient (Wildman–Crippen LogP) is 1.38. The number of aryl methyl sites for hydroxylation is 1. The molecule has 1 aromatic rings. The molecule has 0 atom stereocenters. The Labute approximate surface area is 118 Å². The molecule has 1 aromatic carbocycles. The van der Waals surface area contributed by atoms with Crippen LogP contribution in [0.1, 0.15) is 36.2 Å². The molecule has 20 heavy (non-hydrogen) atoms. The van der Waals surface area contributed by atoms with Crippen molar-refractivity contribution in [1.29, 1.82) is 0 Å². The van der Waals surface area contributed by atoms with Gasteiger partial charge in [0.05, 0.1) is 11.3 Å². The first-order valence-corrected chi connectivity index (χ1v) is 7.91. The van der Waals surface area contributed by atoms with Crippen LogP contribution in [-0.4, -0.2) is 32.1 Å². The second kappa shape index (κ2) is 5.41. The highest BCUT2D eigenvalue weighted by Crippen LogP contribution is 2.29. The lowest BCUT2D eigenvalue weighted by atomic mass is 10.0. The maximum Gasteiger partial charge on any atom is 0.335 e. The van der Waals surface area contributed by atoms with Crippen LogP contribution in [0.2, 0.25) is 0 Å². The van der Waals surface area contributed by atoms with Crippen molar-refractivity contribution >= 4 is 21.9 Å². The molecule has 0 amide bonds. The maximum absolute atomic E-state index is 12.3. The molecule has 0 aromatic heterocycles. The van der Waals surface area contributed by atoms with Crippen LogP contribution in [0.4, 0.5) is 5.69 Å². The van der Waals surface area contributed by atoms with Gasteiger partial charge in [0.2, 0.25) is 0 Å². The molecule has 2 N–H and O–H groups in total. The normalized spacial score (nSPS) is 15.2. The van der Waals surface area contributed by atoms with Crippen molar-refractivity contribution in [1.82, 2.24) is 4.72 Å². The first-order valence-electron chi connectivity index (χ1n) is 6.47. The van der Waals surface area contributed by atoms with Gasteiger partial charge in [-0.3, -0.25) is 4.31 Å². The molecule has 0 bridgehead atoms. The molecule has 0 fully saturated rings. The SMILES string of the molecule is CC(C)NS(=O)(=O)N1CCCc2cc(C(=O)O)ccc21. The van der Waals surface area contributed by atoms with E-state index in [0.717, 1.165) is 5.56 Å². The van der Waals surface area contributed by atoms with E-state index in [-0.39, 0.29) is 11.6 Å². The Balaban J connectivity index is 2.41. The number of anilines is 1. The molecule has 1 aliphatic rings. The number of carboxylic acids is 1. The van der Waals surface area contributed by atoms with Gasteiger partial charge in [0.25, 0.3) is 0 Å². The molecule has 7 heteroatoms. The summed E-state index contributed by atoms with van der Waals surface area (Å²) in [6.45, 7) is 3.92. The predicted molar refractivity (Wildman–Crippen MR) is 76.3 cm³/mol. The lowest BCUT2D eigenvalue weighted by Gasteiger charge is -2.31. The zero-order valence-corrected chi connectivity index (χ0v) is 12.3. The van der Waals surface area contributed by atoms with Crippen LogP contribution in [0.25, 0.3) is 0 Å². The van der Waals surface area contributed by atoms with Gasteiger partial charge in [-0.25, -0.2) is 4.79 Å². The lowest BCUT2D eigenvalue weighted by Crippen LogP contribution is -2.45. The van der Waals surface area contributed by atoms with Crippen LogP contribution in [0.3, 0.4) is 0 Å². The summed E-state index contributed by atoms with van der Waals surface area (Å²) < 4.78 is 28.4. The van der Waals surface area contributed by atoms with E-state index in [1.807, 2.05) is 0 Å². The number of nitrogens with one attached hydrogen (secondary N) is 1. The number of fused-ring (bicyclic) bond motifs is 1. The highest BCUT2D eigenvalue weighted by molar-refractivity contribution is 7.90. The summed E-state index contributed by atoms with van der Waals surface area (Å²) in [4.78, 5) is 11.0. The fourth-order valence-corrected chi connectivity index (χ4v) is 3.84. The van der Waals surface area contributed by atoms with E-state index in [9.17, 15) is 13.2 Å². The quantitative estimate of drug-likeness (QED) is 0.879. The van der Waals surface area contributed by atoms with E-state index in [4.69, 9.17) is 5.11 Å². The summed E-state index contributed by atoms with van der Waals surface area (Å²) in [5.41, 5.74) is 1.50. The minimum atomic E-state index is -3.59. The number of carbonyl (C=O) groups is 1. The zero-order chi connectivity index (χ0) is 14.9. The van der Waals surface area contributed by atoms with Crippen molar-refractivity contribution in [2.75, 3.05) is 10.8 Å². The second-order valence-electron chi connectivity index (χ2n) is 5.10. The van der Waals surface area contributed by atoms with Crippen LogP contribution in [-0.2, 0) is 16.6 Å². The zero-order valence-electron chi connectivity index (χ0n) is 11.5. The minimum absolute atomic E-state index is 0.180. The Morgan fingerprint density at radius 2 is 2.10 bits per heavy atom. The van der Waals surface area contributed by atoms with E-state index in [1.54, 1.807) is 26.0 Å². The fourth-order valence-electron chi connectivity index (χ4n) is 2.31. The molecule has 0 spiro atoms. The van der Waals surface area contributed by atoms with Gasteiger partial charge >= 0.3 is 16.2 Å². The van der Waals surface area contributed by atoms with Crippen molar-refractivity contribution in [3.63, 3.8) is 0 Å². The second-order valence-corrected chi connectivity index (χ2v) is 6.73. The van der Waals surface area contributed by atoms with Crippen LogP contribution in [0, 0.1) is 0 Å². The average molecular weight is 298 g/mol. The van der Waals surface area contributed by atoms with Crippen molar-refractivity contribution < 1.29 is 18.3 Å². The molecule has 6 nitrogen and oxygen atoms in total. The van der Waals surface area contributed by atoms with Crippen LogP contribution < -0.4 is 9.03 Å². The first kappa shape index (κ1) is 14.8. The third-order valence-corrected chi connectivity index (χ3v) is 4.81. The average Bonchev–Trinajstić information content (AvgIpc) is 2.35. The number of benzene rings is 1. The number of hydrogen-bond acceptors (Lipinski definition) is 3. The summed E-state index contributed by atoms with van der Waals surface area (Å²) in [5, 5.41) is 8.99. The fraction of sp³-hybridized carbons (Fsp3) is 0.462. The Bertz CT molecular complexity index is 625. The number of nitrogens with zero attached hydrogens (tertiary/aromatic N) is 1. The molecule has 2 rings (SSSR count). The van der Waals surface area contributed by atoms with E-state index in [0.29, 0.717) is 25.1 Å². The molecule has 0 aliphatic carbocycles. The topological polar surface area (TPSA) is 86.7 Å². The van der Waals surface area contributed by atoms with E-state index in [1.165, 1.54) is 10.4 Å². The van der Waals surface area contributed by atoms with Crippen molar-refractivity contribution in [3.05, 3.63) is 29.3 Å². The summed E-state index contributed by atoms with van der Waals surface area (Å²) in [5.74, 6) is -1.01. The Hall–Kier alpha value is -1.60.